The predicted molar refractivity (Wildman–Crippen MR) is 124 cm³/mol. The van der Waals surface area contributed by atoms with Gasteiger partial charge < -0.3 is 14.8 Å². The molecule has 8 nitrogen and oxygen atoms in total. The Morgan fingerprint density at radius 1 is 0.969 bits per heavy atom. The van der Waals surface area contributed by atoms with Crippen LogP contribution in [0.25, 0.3) is 0 Å². The van der Waals surface area contributed by atoms with Gasteiger partial charge in [-0.3, -0.25) is 9.52 Å². The van der Waals surface area contributed by atoms with Crippen LogP contribution in [-0.4, -0.2) is 33.5 Å². The van der Waals surface area contributed by atoms with Crippen LogP contribution in [0.3, 0.4) is 0 Å². The zero-order valence-corrected chi connectivity index (χ0v) is 19.6. The first-order valence-electron chi connectivity index (χ1n) is 9.12. The fourth-order valence-electron chi connectivity index (χ4n) is 2.78. The molecule has 1 heterocycles. The van der Waals surface area contributed by atoms with Crippen LogP contribution in [0, 0.1) is 6.92 Å². The molecule has 1 aromatic heterocycles. The molecule has 168 valence electrons. The highest BCUT2D eigenvalue weighted by molar-refractivity contribution is 7.92. The standard InChI is InChI=1S/C21H19Cl2N3O5S/c1-12-6-7-24-20(8-12)25-21(27)13-4-5-14(22)19(9-13)32(28,29)26-16-10-15(23)17(30-2)11-18(16)31-3/h4-11,26H,1-3H3,(H,24,25,27). The van der Waals surface area contributed by atoms with Gasteiger partial charge in [0.15, 0.2) is 0 Å². The Labute approximate surface area is 195 Å². The number of sulfonamides is 1. The number of anilines is 2. The number of amides is 1. The van der Waals surface area contributed by atoms with Gasteiger partial charge >= 0.3 is 0 Å². The van der Waals surface area contributed by atoms with Crippen molar-refractivity contribution in [3.63, 3.8) is 0 Å². The summed E-state index contributed by atoms with van der Waals surface area (Å²) in [5.74, 6) is 0.296. The van der Waals surface area contributed by atoms with Gasteiger partial charge in [0.1, 0.15) is 22.2 Å². The lowest BCUT2D eigenvalue weighted by molar-refractivity contribution is 0.102. The first kappa shape index (κ1) is 23.6. The van der Waals surface area contributed by atoms with E-state index >= 15 is 0 Å². The predicted octanol–water partition coefficient (Wildman–Crippen LogP) is 4.77. The maximum atomic E-state index is 13.1. The van der Waals surface area contributed by atoms with Crippen LogP contribution in [0.4, 0.5) is 11.5 Å². The Morgan fingerprint density at radius 3 is 2.34 bits per heavy atom. The van der Waals surface area contributed by atoms with Gasteiger partial charge in [0.25, 0.3) is 15.9 Å². The minimum Gasteiger partial charge on any atom is -0.495 e. The number of rotatable bonds is 7. The number of nitrogens with one attached hydrogen (secondary N) is 2. The molecule has 1 amide bonds. The molecule has 0 radical (unpaired) electrons. The number of carbonyl (C=O) groups excluding carboxylic acids is 1. The highest BCUT2D eigenvalue weighted by Crippen LogP contribution is 2.37. The van der Waals surface area contributed by atoms with E-state index in [1.54, 1.807) is 18.3 Å². The molecule has 0 aliphatic heterocycles. The number of methoxy groups -OCH3 is 2. The summed E-state index contributed by atoms with van der Waals surface area (Å²) in [6.07, 6.45) is 1.56. The largest absolute Gasteiger partial charge is 0.495 e. The van der Waals surface area contributed by atoms with Gasteiger partial charge in [-0.1, -0.05) is 23.2 Å². The zero-order valence-electron chi connectivity index (χ0n) is 17.3. The summed E-state index contributed by atoms with van der Waals surface area (Å²) < 4.78 is 38.9. The van der Waals surface area contributed by atoms with Crippen LogP contribution in [0.1, 0.15) is 15.9 Å². The van der Waals surface area contributed by atoms with E-state index in [1.807, 2.05) is 6.92 Å². The molecule has 0 spiro atoms. The van der Waals surface area contributed by atoms with Crippen molar-refractivity contribution in [3.8, 4) is 11.5 Å². The quantitative estimate of drug-likeness (QED) is 0.488. The van der Waals surface area contributed by atoms with Gasteiger partial charge in [-0.2, -0.15) is 0 Å². The van der Waals surface area contributed by atoms with Crippen molar-refractivity contribution in [3.05, 3.63) is 69.8 Å². The number of hydrogen-bond acceptors (Lipinski definition) is 6. The molecule has 0 fully saturated rings. The first-order valence-corrected chi connectivity index (χ1v) is 11.4. The Bertz CT molecular complexity index is 1280. The molecular formula is C21H19Cl2N3O5S. The van der Waals surface area contributed by atoms with Crippen LogP contribution < -0.4 is 19.5 Å². The van der Waals surface area contributed by atoms with Crippen molar-refractivity contribution >= 4 is 50.6 Å². The molecule has 3 rings (SSSR count). The summed E-state index contributed by atoms with van der Waals surface area (Å²) in [5.41, 5.74) is 1.07. The minimum atomic E-state index is -4.21. The maximum Gasteiger partial charge on any atom is 0.263 e. The molecule has 3 aromatic rings. The Balaban J connectivity index is 1.93. The van der Waals surface area contributed by atoms with E-state index in [-0.39, 0.29) is 31.9 Å². The number of hydrogen-bond donors (Lipinski definition) is 2. The van der Waals surface area contributed by atoms with E-state index in [4.69, 9.17) is 32.7 Å². The fraction of sp³-hybridized carbons (Fsp3) is 0.143. The number of carbonyl (C=O) groups is 1. The van der Waals surface area contributed by atoms with Gasteiger partial charge in [0.2, 0.25) is 0 Å². The topological polar surface area (TPSA) is 107 Å². The Kier molecular flexibility index (Phi) is 7.12. The van der Waals surface area contributed by atoms with E-state index in [0.29, 0.717) is 11.6 Å². The van der Waals surface area contributed by atoms with E-state index in [1.165, 1.54) is 44.6 Å². The number of ether oxygens (including phenoxy) is 2. The summed E-state index contributed by atoms with van der Waals surface area (Å²) in [5, 5.41) is 2.73. The minimum absolute atomic E-state index is 0.0682. The lowest BCUT2D eigenvalue weighted by atomic mass is 10.2. The monoisotopic (exact) mass is 495 g/mol. The highest BCUT2D eigenvalue weighted by atomic mass is 35.5. The summed E-state index contributed by atoms with van der Waals surface area (Å²) in [4.78, 5) is 16.4. The second-order valence-electron chi connectivity index (χ2n) is 6.61. The SMILES string of the molecule is COc1cc(OC)c(NS(=O)(=O)c2cc(C(=O)Nc3cc(C)ccn3)ccc2Cl)cc1Cl. The molecule has 0 aliphatic rings. The molecule has 0 unspecified atom stereocenters. The van der Waals surface area contributed by atoms with Crippen molar-refractivity contribution in [2.45, 2.75) is 11.8 Å². The van der Waals surface area contributed by atoms with Crippen LogP contribution >= 0.6 is 23.2 Å². The summed E-state index contributed by atoms with van der Waals surface area (Å²) in [6.45, 7) is 1.86. The van der Waals surface area contributed by atoms with E-state index in [2.05, 4.69) is 15.0 Å². The normalized spacial score (nSPS) is 11.0. The molecule has 0 saturated carbocycles. The lowest BCUT2D eigenvalue weighted by Crippen LogP contribution is -2.17. The number of pyridine rings is 1. The molecule has 0 aliphatic carbocycles. The molecule has 0 bridgehead atoms. The van der Waals surface area contributed by atoms with Crippen LogP contribution in [0.5, 0.6) is 11.5 Å². The zero-order chi connectivity index (χ0) is 23.5. The highest BCUT2D eigenvalue weighted by Gasteiger charge is 2.23. The summed E-state index contributed by atoms with van der Waals surface area (Å²) in [6, 6.07) is 10.2. The molecule has 2 N–H and O–H groups in total. The van der Waals surface area contributed by atoms with Gasteiger partial charge in [-0.05, 0) is 48.9 Å². The third kappa shape index (κ3) is 5.24. The number of nitrogens with zero attached hydrogens (tertiary/aromatic N) is 1. The molecule has 32 heavy (non-hydrogen) atoms. The van der Waals surface area contributed by atoms with Gasteiger partial charge in [0.05, 0.1) is 30.0 Å². The van der Waals surface area contributed by atoms with E-state index < -0.39 is 15.9 Å². The molecule has 11 heteroatoms. The molecule has 0 saturated heterocycles. The number of halogens is 2. The third-order valence-corrected chi connectivity index (χ3v) is 6.50. The van der Waals surface area contributed by atoms with Crippen LogP contribution in [0.15, 0.2) is 53.6 Å². The van der Waals surface area contributed by atoms with Crippen molar-refractivity contribution in [2.75, 3.05) is 24.3 Å². The van der Waals surface area contributed by atoms with Gasteiger partial charge in [-0.25, -0.2) is 13.4 Å². The fourth-order valence-corrected chi connectivity index (χ4v) is 4.61. The Hall–Kier alpha value is -3.01. The second kappa shape index (κ2) is 9.64. The number of benzene rings is 2. The van der Waals surface area contributed by atoms with Crippen molar-refractivity contribution in [2.24, 2.45) is 0 Å². The van der Waals surface area contributed by atoms with Crippen LogP contribution in [0.2, 0.25) is 10.0 Å². The molecule has 2 aromatic carbocycles. The molecular weight excluding hydrogens is 477 g/mol. The van der Waals surface area contributed by atoms with Gasteiger partial charge in [-0.15, -0.1) is 0 Å². The van der Waals surface area contributed by atoms with Crippen molar-refractivity contribution in [1.82, 2.24) is 4.98 Å². The average molecular weight is 496 g/mol. The number of aryl methyl sites for hydroxylation is 1. The van der Waals surface area contributed by atoms with Crippen LogP contribution in [-0.2, 0) is 10.0 Å². The third-order valence-electron chi connectivity index (χ3n) is 4.36. The van der Waals surface area contributed by atoms with E-state index in [0.717, 1.165) is 5.56 Å². The van der Waals surface area contributed by atoms with E-state index in [9.17, 15) is 13.2 Å². The van der Waals surface area contributed by atoms with Gasteiger partial charge in [0, 0.05) is 17.8 Å². The maximum absolute atomic E-state index is 13.1. The van der Waals surface area contributed by atoms with Crippen molar-refractivity contribution in [1.29, 1.82) is 0 Å². The summed E-state index contributed by atoms with van der Waals surface area (Å²) in [7, 11) is -1.41. The Morgan fingerprint density at radius 2 is 1.69 bits per heavy atom. The molecule has 0 atom stereocenters. The first-order chi connectivity index (χ1) is 15.1. The second-order valence-corrected chi connectivity index (χ2v) is 9.08. The van der Waals surface area contributed by atoms with Crippen molar-refractivity contribution < 1.29 is 22.7 Å². The average Bonchev–Trinajstić information content (AvgIpc) is 2.74. The summed E-state index contributed by atoms with van der Waals surface area (Å²) >= 11 is 12.3. The lowest BCUT2D eigenvalue weighted by Gasteiger charge is -2.15. The smallest absolute Gasteiger partial charge is 0.263 e. The number of aromatic nitrogens is 1.